The average Bonchev–Trinajstić information content (AvgIpc) is 3.22. The van der Waals surface area contributed by atoms with Crippen LogP contribution in [0.2, 0.25) is 0 Å². The van der Waals surface area contributed by atoms with Gasteiger partial charge >= 0.3 is 0 Å². The number of fused-ring (bicyclic) bond motifs is 1. The molecule has 2 N–H and O–H groups in total. The van der Waals surface area contributed by atoms with Crippen molar-refractivity contribution in [3.8, 4) is 0 Å². The molecule has 1 saturated heterocycles. The van der Waals surface area contributed by atoms with Crippen molar-refractivity contribution >= 4 is 35.3 Å². The van der Waals surface area contributed by atoms with E-state index in [2.05, 4.69) is 46.7 Å². The number of hydrogen-bond acceptors (Lipinski definition) is 10. The van der Waals surface area contributed by atoms with Gasteiger partial charge in [0.1, 0.15) is 0 Å². The molecule has 0 atom stereocenters. The number of amides is 1. The van der Waals surface area contributed by atoms with E-state index in [0.29, 0.717) is 41.7 Å². The summed E-state index contributed by atoms with van der Waals surface area (Å²) < 4.78 is 1.76. The van der Waals surface area contributed by atoms with Crippen molar-refractivity contribution in [2.75, 3.05) is 55.7 Å². The van der Waals surface area contributed by atoms with Crippen molar-refractivity contribution in [2.24, 2.45) is 0 Å². The molecule has 1 amide bonds. The molecular weight excluding hydrogens is 428 g/mol. The minimum atomic E-state index is 0.1000. The highest BCUT2D eigenvalue weighted by molar-refractivity contribution is 7.99. The predicted molar refractivity (Wildman–Crippen MR) is 124 cm³/mol. The van der Waals surface area contributed by atoms with Crippen LogP contribution in [0.15, 0.2) is 29.7 Å². The van der Waals surface area contributed by atoms with Crippen molar-refractivity contribution in [3.63, 3.8) is 0 Å². The fraction of sp³-hybridized carbons (Fsp3) is 0.500. The maximum absolute atomic E-state index is 12.8. The van der Waals surface area contributed by atoms with Crippen molar-refractivity contribution in [1.82, 2.24) is 39.3 Å². The lowest BCUT2D eigenvalue weighted by molar-refractivity contribution is -0.130. The number of nitrogens with zero attached hydrogens (tertiary/aromatic N) is 8. The van der Waals surface area contributed by atoms with Gasteiger partial charge in [0.25, 0.3) is 5.78 Å². The SMILES string of the molecule is CCNc1nc(NCC)n2c(SCC(=O)N3CCN(Cc4cccnc4)CC3)nnc2n1. The van der Waals surface area contributed by atoms with Crippen molar-refractivity contribution < 1.29 is 4.79 Å². The molecule has 3 aromatic rings. The highest BCUT2D eigenvalue weighted by Gasteiger charge is 2.22. The van der Waals surface area contributed by atoms with E-state index < -0.39 is 0 Å². The number of pyridine rings is 1. The third-order valence-corrected chi connectivity index (χ3v) is 6.01. The number of hydrogen-bond donors (Lipinski definition) is 2. The maximum Gasteiger partial charge on any atom is 0.261 e. The molecule has 0 saturated carbocycles. The quantitative estimate of drug-likeness (QED) is 0.455. The zero-order valence-corrected chi connectivity index (χ0v) is 19.2. The van der Waals surface area contributed by atoms with Gasteiger partial charge in [-0.05, 0) is 25.5 Å². The minimum absolute atomic E-state index is 0.1000. The molecule has 11 nitrogen and oxygen atoms in total. The van der Waals surface area contributed by atoms with Crippen LogP contribution in [0.5, 0.6) is 0 Å². The Kier molecular flexibility index (Phi) is 7.32. The van der Waals surface area contributed by atoms with Crippen molar-refractivity contribution in [2.45, 2.75) is 25.5 Å². The number of carbonyl (C=O) groups excluding carboxylic acids is 1. The third kappa shape index (κ3) is 5.25. The highest BCUT2D eigenvalue weighted by atomic mass is 32.2. The Hall–Kier alpha value is -2.99. The van der Waals surface area contributed by atoms with Crippen LogP contribution in [-0.4, -0.2) is 90.3 Å². The second kappa shape index (κ2) is 10.6. The molecule has 4 rings (SSSR count). The van der Waals surface area contributed by atoms with Crippen LogP contribution in [0.25, 0.3) is 5.78 Å². The summed E-state index contributed by atoms with van der Waals surface area (Å²) >= 11 is 1.36. The first-order valence-corrected chi connectivity index (χ1v) is 11.8. The number of thioether (sulfide) groups is 1. The number of piperazine rings is 1. The Labute approximate surface area is 191 Å². The summed E-state index contributed by atoms with van der Waals surface area (Å²) in [4.78, 5) is 30.1. The summed E-state index contributed by atoms with van der Waals surface area (Å²) in [6.07, 6.45) is 3.68. The van der Waals surface area contributed by atoms with Gasteiger partial charge in [-0.3, -0.25) is 14.7 Å². The molecule has 3 aromatic heterocycles. The average molecular weight is 457 g/mol. The standard InChI is InChI=1S/C20H28N10OS/c1-3-22-17-24-18(23-4-2)30-19(25-17)26-27-20(30)32-14-16(31)29-10-8-28(9-11-29)13-15-6-5-7-21-12-15/h5-7,12H,3-4,8-11,13-14H2,1-2H3,(H2,22,23,24,25,26). The Bertz CT molecular complexity index is 1040. The van der Waals surface area contributed by atoms with Crippen molar-refractivity contribution in [1.29, 1.82) is 0 Å². The Morgan fingerprint density at radius 2 is 1.91 bits per heavy atom. The Morgan fingerprint density at radius 1 is 1.09 bits per heavy atom. The lowest BCUT2D eigenvalue weighted by Gasteiger charge is -2.34. The van der Waals surface area contributed by atoms with Crippen molar-refractivity contribution in [3.05, 3.63) is 30.1 Å². The normalized spacial score (nSPS) is 14.6. The molecule has 0 spiro atoms. The summed E-state index contributed by atoms with van der Waals surface area (Å²) in [5.41, 5.74) is 1.19. The third-order valence-electron chi connectivity index (χ3n) is 5.09. The molecule has 1 aliphatic rings. The highest BCUT2D eigenvalue weighted by Crippen LogP contribution is 2.21. The molecule has 1 fully saturated rings. The minimum Gasteiger partial charge on any atom is -0.355 e. The van der Waals surface area contributed by atoms with Gasteiger partial charge in [-0.15, -0.1) is 10.2 Å². The van der Waals surface area contributed by atoms with Crippen LogP contribution in [0.3, 0.4) is 0 Å². The van der Waals surface area contributed by atoms with Crippen LogP contribution in [0.1, 0.15) is 19.4 Å². The van der Waals surface area contributed by atoms with Gasteiger partial charge in [0, 0.05) is 58.2 Å². The summed E-state index contributed by atoms with van der Waals surface area (Å²) in [5.74, 6) is 1.95. The van der Waals surface area contributed by atoms with Gasteiger partial charge in [-0.2, -0.15) is 9.97 Å². The van der Waals surface area contributed by atoms with Gasteiger partial charge < -0.3 is 15.5 Å². The molecule has 0 radical (unpaired) electrons. The summed E-state index contributed by atoms with van der Waals surface area (Å²) in [6, 6.07) is 4.03. The van der Waals surface area contributed by atoms with Gasteiger partial charge in [0.15, 0.2) is 5.16 Å². The van der Waals surface area contributed by atoms with Gasteiger partial charge in [-0.25, -0.2) is 4.40 Å². The summed E-state index contributed by atoms with van der Waals surface area (Å²) in [6.45, 7) is 9.39. The maximum atomic E-state index is 12.8. The molecule has 12 heteroatoms. The largest absolute Gasteiger partial charge is 0.355 e. The predicted octanol–water partition coefficient (Wildman–Crippen LogP) is 1.21. The molecule has 0 unspecified atom stereocenters. The van der Waals surface area contributed by atoms with Crippen LogP contribution in [0, 0.1) is 0 Å². The molecule has 0 aliphatic carbocycles. The smallest absolute Gasteiger partial charge is 0.261 e. The van der Waals surface area contributed by atoms with Gasteiger partial charge in [0.2, 0.25) is 17.8 Å². The Morgan fingerprint density at radius 3 is 2.62 bits per heavy atom. The van der Waals surface area contributed by atoms with Crippen LogP contribution < -0.4 is 10.6 Å². The second-order valence-corrected chi connectivity index (χ2v) is 8.30. The van der Waals surface area contributed by atoms with E-state index in [9.17, 15) is 4.79 Å². The number of carbonyl (C=O) groups is 1. The topological polar surface area (TPSA) is 116 Å². The zero-order valence-electron chi connectivity index (χ0n) is 18.4. The fourth-order valence-corrected chi connectivity index (χ4v) is 4.35. The zero-order chi connectivity index (χ0) is 22.3. The lowest BCUT2D eigenvalue weighted by Crippen LogP contribution is -2.48. The summed E-state index contributed by atoms with van der Waals surface area (Å²) in [7, 11) is 0. The fourth-order valence-electron chi connectivity index (χ4n) is 3.52. The molecule has 1 aliphatic heterocycles. The number of anilines is 2. The second-order valence-electron chi connectivity index (χ2n) is 7.36. The first-order valence-electron chi connectivity index (χ1n) is 10.8. The van der Waals surface area contributed by atoms with Crippen LogP contribution in [-0.2, 0) is 11.3 Å². The molecular formula is C20H28N10OS. The van der Waals surface area contributed by atoms with E-state index in [1.54, 1.807) is 10.6 Å². The van der Waals surface area contributed by atoms with E-state index in [0.717, 1.165) is 32.7 Å². The number of aromatic nitrogens is 6. The van der Waals surface area contributed by atoms with E-state index in [4.69, 9.17) is 0 Å². The van der Waals surface area contributed by atoms with E-state index in [1.807, 2.05) is 31.0 Å². The summed E-state index contributed by atoms with van der Waals surface area (Å²) in [5, 5.41) is 15.3. The lowest BCUT2D eigenvalue weighted by atomic mass is 10.2. The Balaban J connectivity index is 1.35. The first kappa shape index (κ1) is 22.2. The van der Waals surface area contributed by atoms with E-state index in [-0.39, 0.29) is 5.91 Å². The van der Waals surface area contributed by atoms with Gasteiger partial charge in [0.05, 0.1) is 5.75 Å². The first-order chi connectivity index (χ1) is 15.7. The molecule has 4 heterocycles. The number of rotatable bonds is 9. The molecule has 0 aromatic carbocycles. The number of nitrogens with one attached hydrogen (secondary N) is 2. The monoisotopic (exact) mass is 456 g/mol. The van der Waals surface area contributed by atoms with Crippen LogP contribution in [0.4, 0.5) is 11.9 Å². The molecule has 32 heavy (non-hydrogen) atoms. The van der Waals surface area contributed by atoms with E-state index >= 15 is 0 Å². The van der Waals surface area contributed by atoms with E-state index in [1.165, 1.54) is 17.3 Å². The van der Waals surface area contributed by atoms with Crippen LogP contribution >= 0.6 is 11.8 Å². The molecule has 0 bridgehead atoms. The van der Waals surface area contributed by atoms with Gasteiger partial charge in [-0.1, -0.05) is 17.8 Å². The molecule has 170 valence electrons.